The number of hydrogen-bond donors (Lipinski definition) is 2. The SMILES string of the molecule is N#Cc1cc(B(O)O)c(Cl)cc1C1CC1. The van der Waals surface area contributed by atoms with Gasteiger partial charge in [0.05, 0.1) is 11.6 Å². The molecule has 0 aliphatic heterocycles. The summed E-state index contributed by atoms with van der Waals surface area (Å²) in [6, 6.07) is 5.19. The number of benzene rings is 1. The molecule has 1 aromatic carbocycles. The van der Waals surface area contributed by atoms with Crippen LogP contribution >= 0.6 is 11.6 Å². The highest BCUT2D eigenvalue weighted by Gasteiger charge is 2.28. The third-order valence-corrected chi connectivity index (χ3v) is 2.91. The molecule has 76 valence electrons. The fourth-order valence-electron chi connectivity index (χ4n) is 1.63. The van der Waals surface area contributed by atoms with Crippen LogP contribution in [0.4, 0.5) is 0 Å². The van der Waals surface area contributed by atoms with E-state index < -0.39 is 7.12 Å². The van der Waals surface area contributed by atoms with Crippen LogP contribution in [0.5, 0.6) is 0 Å². The Bertz CT molecular complexity index is 438. The first-order valence-corrected chi connectivity index (χ1v) is 5.11. The van der Waals surface area contributed by atoms with E-state index in [9.17, 15) is 0 Å². The lowest BCUT2D eigenvalue weighted by Crippen LogP contribution is -2.31. The summed E-state index contributed by atoms with van der Waals surface area (Å²) < 4.78 is 0. The number of halogens is 1. The molecule has 0 heterocycles. The minimum Gasteiger partial charge on any atom is -0.423 e. The lowest BCUT2D eigenvalue weighted by molar-refractivity contribution is 0.426. The van der Waals surface area contributed by atoms with Gasteiger partial charge in [0.25, 0.3) is 0 Å². The molecule has 1 aliphatic rings. The molecule has 1 saturated carbocycles. The van der Waals surface area contributed by atoms with Crippen LogP contribution in [0.2, 0.25) is 5.02 Å². The first kappa shape index (κ1) is 10.5. The number of nitrogens with zero attached hydrogens (tertiary/aromatic N) is 1. The monoisotopic (exact) mass is 221 g/mol. The predicted octanol–water partition coefficient (Wildman–Crippen LogP) is 0.769. The molecule has 2 N–H and O–H groups in total. The summed E-state index contributed by atoms with van der Waals surface area (Å²) in [7, 11) is -1.63. The summed E-state index contributed by atoms with van der Waals surface area (Å²) in [6.45, 7) is 0. The fraction of sp³-hybridized carbons (Fsp3) is 0.300. The normalized spacial score (nSPS) is 14.8. The zero-order chi connectivity index (χ0) is 11.0. The van der Waals surface area contributed by atoms with Gasteiger partial charge in [0.2, 0.25) is 0 Å². The predicted molar refractivity (Wildman–Crippen MR) is 58.0 cm³/mol. The van der Waals surface area contributed by atoms with E-state index in [1.165, 1.54) is 6.07 Å². The minimum absolute atomic E-state index is 0.192. The Hall–Kier alpha value is -1.02. The average molecular weight is 221 g/mol. The van der Waals surface area contributed by atoms with E-state index in [2.05, 4.69) is 6.07 Å². The second kappa shape index (κ2) is 3.86. The molecule has 0 saturated heterocycles. The third-order valence-electron chi connectivity index (χ3n) is 2.58. The Morgan fingerprint density at radius 1 is 1.40 bits per heavy atom. The summed E-state index contributed by atoms with van der Waals surface area (Å²) >= 11 is 5.90. The highest BCUT2D eigenvalue weighted by Crippen LogP contribution is 2.42. The topological polar surface area (TPSA) is 64.2 Å². The van der Waals surface area contributed by atoms with Crippen LogP contribution in [-0.2, 0) is 0 Å². The van der Waals surface area contributed by atoms with Crippen molar-refractivity contribution >= 4 is 24.2 Å². The molecule has 0 amide bonds. The zero-order valence-corrected chi connectivity index (χ0v) is 8.70. The zero-order valence-electron chi connectivity index (χ0n) is 7.94. The lowest BCUT2D eigenvalue weighted by atomic mass is 9.78. The van der Waals surface area contributed by atoms with Crippen molar-refractivity contribution in [3.63, 3.8) is 0 Å². The molecule has 2 rings (SSSR count). The largest absolute Gasteiger partial charge is 0.490 e. The quantitative estimate of drug-likeness (QED) is 0.725. The van der Waals surface area contributed by atoms with Gasteiger partial charge in [-0.2, -0.15) is 5.26 Å². The van der Waals surface area contributed by atoms with E-state index >= 15 is 0 Å². The van der Waals surface area contributed by atoms with Gasteiger partial charge in [0, 0.05) is 10.5 Å². The van der Waals surface area contributed by atoms with E-state index in [4.69, 9.17) is 26.9 Å². The van der Waals surface area contributed by atoms with Crippen LogP contribution in [0.25, 0.3) is 0 Å². The molecule has 0 radical (unpaired) electrons. The van der Waals surface area contributed by atoms with Crippen LogP contribution in [0.1, 0.15) is 29.9 Å². The number of hydrogen-bond acceptors (Lipinski definition) is 3. The van der Waals surface area contributed by atoms with E-state index in [0.29, 0.717) is 16.5 Å². The fourth-order valence-corrected chi connectivity index (χ4v) is 1.90. The van der Waals surface area contributed by atoms with Gasteiger partial charge in [-0.3, -0.25) is 0 Å². The van der Waals surface area contributed by atoms with Crippen LogP contribution in [0.15, 0.2) is 12.1 Å². The van der Waals surface area contributed by atoms with Gasteiger partial charge < -0.3 is 10.0 Å². The molecule has 0 atom stereocenters. The summed E-state index contributed by atoms with van der Waals surface area (Å²) in [5.74, 6) is 0.419. The summed E-state index contributed by atoms with van der Waals surface area (Å²) in [5.41, 5.74) is 1.61. The first-order valence-electron chi connectivity index (χ1n) is 4.73. The Balaban J connectivity index is 2.51. The van der Waals surface area contributed by atoms with E-state index in [1.54, 1.807) is 6.07 Å². The van der Waals surface area contributed by atoms with Crippen molar-refractivity contribution in [3.8, 4) is 6.07 Å². The van der Waals surface area contributed by atoms with Crippen molar-refractivity contribution in [2.24, 2.45) is 0 Å². The Morgan fingerprint density at radius 3 is 2.53 bits per heavy atom. The second-order valence-corrected chi connectivity index (χ2v) is 4.13. The first-order chi connectivity index (χ1) is 7.13. The van der Waals surface area contributed by atoms with Crippen LogP contribution in [0, 0.1) is 11.3 Å². The Kier molecular flexibility index (Phi) is 2.70. The lowest BCUT2D eigenvalue weighted by Gasteiger charge is -2.07. The van der Waals surface area contributed by atoms with Crippen molar-refractivity contribution in [1.29, 1.82) is 5.26 Å². The van der Waals surface area contributed by atoms with Crippen molar-refractivity contribution in [2.45, 2.75) is 18.8 Å². The maximum absolute atomic E-state index is 9.03. The van der Waals surface area contributed by atoms with Gasteiger partial charge in [-0.1, -0.05) is 11.6 Å². The number of rotatable bonds is 2. The summed E-state index contributed by atoms with van der Waals surface area (Å²) in [6.07, 6.45) is 2.15. The van der Waals surface area contributed by atoms with Crippen LogP contribution in [-0.4, -0.2) is 17.2 Å². The molecular formula is C10H9BClNO2. The third kappa shape index (κ3) is 2.00. The summed E-state index contributed by atoms with van der Waals surface area (Å²) in [4.78, 5) is 0. The average Bonchev–Trinajstić information content (AvgIpc) is 3.00. The van der Waals surface area contributed by atoms with E-state index in [1.807, 2.05) is 0 Å². The molecule has 3 nitrogen and oxygen atoms in total. The Morgan fingerprint density at radius 2 is 2.07 bits per heavy atom. The van der Waals surface area contributed by atoms with Gasteiger partial charge in [0.15, 0.2) is 0 Å². The summed E-state index contributed by atoms with van der Waals surface area (Å²) in [5, 5.41) is 27.3. The molecule has 1 aliphatic carbocycles. The second-order valence-electron chi connectivity index (χ2n) is 3.72. The molecule has 0 aromatic heterocycles. The molecule has 5 heteroatoms. The highest BCUT2D eigenvalue weighted by atomic mass is 35.5. The van der Waals surface area contributed by atoms with Gasteiger partial charge in [-0.05, 0) is 36.5 Å². The molecule has 15 heavy (non-hydrogen) atoms. The minimum atomic E-state index is -1.63. The van der Waals surface area contributed by atoms with Crippen molar-refractivity contribution in [3.05, 3.63) is 28.3 Å². The smallest absolute Gasteiger partial charge is 0.423 e. The number of nitriles is 1. The van der Waals surface area contributed by atoms with Gasteiger partial charge >= 0.3 is 7.12 Å². The van der Waals surface area contributed by atoms with Crippen LogP contribution < -0.4 is 5.46 Å². The van der Waals surface area contributed by atoms with Gasteiger partial charge in [-0.25, -0.2) is 0 Å². The molecule has 0 unspecified atom stereocenters. The molecule has 0 spiro atoms. The molecule has 1 fully saturated rings. The van der Waals surface area contributed by atoms with Gasteiger partial charge in [-0.15, -0.1) is 0 Å². The van der Waals surface area contributed by atoms with Gasteiger partial charge in [0.1, 0.15) is 0 Å². The molecule has 0 bridgehead atoms. The standard InChI is InChI=1S/C10H9BClNO2/c12-10-4-8(6-1-2-6)7(5-13)3-9(10)11(14)15/h3-4,6,14-15H,1-2H2. The van der Waals surface area contributed by atoms with E-state index in [0.717, 1.165) is 18.4 Å². The molecule has 1 aromatic rings. The van der Waals surface area contributed by atoms with Crippen molar-refractivity contribution in [2.75, 3.05) is 0 Å². The highest BCUT2D eigenvalue weighted by molar-refractivity contribution is 6.62. The maximum Gasteiger partial charge on any atom is 0.490 e. The van der Waals surface area contributed by atoms with Crippen molar-refractivity contribution in [1.82, 2.24) is 0 Å². The van der Waals surface area contributed by atoms with Crippen molar-refractivity contribution < 1.29 is 10.0 Å². The Labute approximate surface area is 93.1 Å². The van der Waals surface area contributed by atoms with E-state index in [-0.39, 0.29) is 5.46 Å². The molecular weight excluding hydrogens is 212 g/mol. The van der Waals surface area contributed by atoms with Crippen LogP contribution in [0.3, 0.4) is 0 Å². The maximum atomic E-state index is 9.03.